The molecule has 0 spiro atoms. The Kier molecular flexibility index (Phi) is 3.82. The lowest BCUT2D eigenvalue weighted by atomic mass is 10.3. The van der Waals surface area contributed by atoms with Gasteiger partial charge in [0.05, 0.1) is 12.7 Å². The molecule has 0 aliphatic carbocycles. The fourth-order valence-corrected chi connectivity index (χ4v) is 2.28. The van der Waals surface area contributed by atoms with Crippen molar-refractivity contribution < 1.29 is 4.74 Å². The van der Waals surface area contributed by atoms with E-state index in [-0.39, 0.29) is 0 Å². The lowest BCUT2D eigenvalue weighted by molar-refractivity contribution is 0.0441. The number of pyridine rings is 1. The second kappa shape index (κ2) is 5.34. The van der Waals surface area contributed by atoms with E-state index in [4.69, 9.17) is 10.5 Å². The number of thioether (sulfide) groups is 1. The number of nitrogen functional groups attached to an aromatic ring is 1. The lowest BCUT2D eigenvalue weighted by Crippen LogP contribution is -2.39. The first-order chi connectivity index (χ1) is 7.34. The van der Waals surface area contributed by atoms with Gasteiger partial charge in [0.2, 0.25) is 0 Å². The first-order valence-electron chi connectivity index (χ1n) is 5.01. The minimum Gasteiger partial charge on any atom is -0.384 e. The molecule has 1 unspecified atom stereocenters. The van der Waals surface area contributed by atoms with E-state index < -0.39 is 0 Å². The van der Waals surface area contributed by atoms with E-state index in [0.29, 0.717) is 11.9 Å². The van der Waals surface area contributed by atoms with E-state index in [0.717, 1.165) is 30.3 Å². The fourth-order valence-electron chi connectivity index (χ4n) is 1.39. The molecule has 0 aromatic carbocycles. The molecule has 1 fully saturated rings. The molecule has 1 aliphatic heterocycles. The van der Waals surface area contributed by atoms with Crippen molar-refractivity contribution in [2.75, 3.05) is 31.2 Å². The molecule has 2 rings (SSSR count). The number of nitrogens with two attached hydrogens (primary N) is 1. The van der Waals surface area contributed by atoms with Crippen LogP contribution in [-0.4, -0.2) is 36.5 Å². The van der Waals surface area contributed by atoms with Crippen molar-refractivity contribution in [3.63, 3.8) is 0 Å². The monoisotopic (exact) mass is 225 g/mol. The maximum absolute atomic E-state index is 5.59. The van der Waals surface area contributed by atoms with Gasteiger partial charge < -0.3 is 15.8 Å². The maximum Gasteiger partial charge on any atom is 0.123 e. The van der Waals surface area contributed by atoms with E-state index in [2.05, 4.69) is 10.3 Å². The normalized spacial score (nSPS) is 21.5. The number of aromatic nitrogens is 1. The molecule has 1 aromatic heterocycles. The zero-order valence-electron chi connectivity index (χ0n) is 8.48. The molecule has 1 aliphatic rings. The third-order valence-corrected chi connectivity index (χ3v) is 3.31. The van der Waals surface area contributed by atoms with Crippen molar-refractivity contribution in [2.24, 2.45) is 0 Å². The lowest BCUT2D eigenvalue weighted by Gasteiger charge is -2.23. The van der Waals surface area contributed by atoms with Gasteiger partial charge in [-0.3, -0.25) is 0 Å². The zero-order valence-corrected chi connectivity index (χ0v) is 9.30. The second-order valence-electron chi connectivity index (χ2n) is 3.43. The van der Waals surface area contributed by atoms with Gasteiger partial charge >= 0.3 is 0 Å². The third-order valence-electron chi connectivity index (χ3n) is 2.20. The maximum atomic E-state index is 5.59. The molecule has 0 amide bonds. The molecule has 2 heterocycles. The van der Waals surface area contributed by atoms with Crippen molar-refractivity contribution in [1.29, 1.82) is 0 Å². The van der Waals surface area contributed by atoms with Crippen molar-refractivity contribution in [2.45, 2.75) is 11.0 Å². The topological polar surface area (TPSA) is 60.2 Å². The van der Waals surface area contributed by atoms with Crippen molar-refractivity contribution >= 4 is 17.6 Å². The van der Waals surface area contributed by atoms with Crippen LogP contribution in [0.1, 0.15) is 0 Å². The number of hydrogen-bond donors (Lipinski definition) is 2. The van der Waals surface area contributed by atoms with Gasteiger partial charge in [-0.2, -0.15) is 0 Å². The molecule has 0 saturated carbocycles. The van der Waals surface area contributed by atoms with Gasteiger partial charge in [0, 0.05) is 29.9 Å². The molecule has 0 bridgehead atoms. The van der Waals surface area contributed by atoms with Gasteiger partial charge in [0.15, 0.2) is 0 Å². The van der Waals surface area contributed by atoms with E-state index in [1.165, 1.54) is 0 Å². The molecule has 82 valence electrons. The summed E-state index contributed by atoms with van der Waals surface area (Å²) in [6.07, 6.45) is 2.11. The Labute approximate surface area is 93.6 Å². The number of nitrogens with one attached hydrogen (secondary N) is 1. The minimum atomic E-state index is 0.307. The van der Waals surface area contributed by atoms with Crippen LogP contribution < -0.4 is 11.1 Å². The summed E-state index contributed by atoms with van der Waals surface area (Å²) in [6, 6.07) is 3.81. The molecule has 1 aromatic rings. The fraction of sp³-hybridized carbons (Fsp3) is 0.500. The van der Waals surface area contributed by atoms with Crippen molar-refractivity contribution in [1.82, 2.24) is 10.3 Å². The highest BCUT2D eigenvalue weighted by atomic mass is 32.2. The number of ether oxygens (including phenoxy) is 1. The Morgan fingerprint density at radius 1 is 1.60 bits per heavy atom. The van der Waals surface area contributed by atoms with Gasteiger partial charge in [-0.1, -0.05) is 0 Å². The van der Waals surface area contributed by atoms with Crippen LogP contribution in [0.15, 0.2) is 23.2 Å². The molecule has 1 saturated heterocycles. The van der Waals surface area contributed by atoms with Crippen LogP contribution in [0.3, 0.4) is 0 Å². The number of nitrogens with zero attached hydrogens (tertiary/aromatic N) is 1. The van der Waals surface area contributed by atoms with E-state index in [1.807, 2.05) is 12.1 Å². The predicted octanol–water partition coefficient (Wildman–Crippen LogP) is 0.744. The summed E-state index contributed by atoms with van der Waals surface area (Å²) in [5, 5.41) is 3.31. The van der Waals surface area contributed by atoms with Gasteiger partial charge in [-0.15, -0.1) is 11.8 Å². The third kappa shape index (κ3) is 3.37. The Morgan fingerprint density at radius 2 is 2.53 bits per heavy atom. The van der Waals surface area contributed by atoms with Crippen LogP contribution in [0.25, 0.3) is 0 Å². The summed E-state index contributed by atoms with van der Waals surface area (Å²) in [5.74, 6) is 1.52. The SMILES string of the molecule is Nc1ccc(SCC2CNCCO2)cn1. The standard InChI is InChI=1S/C10H15N3OS/c11-10-2-1-9(6-13-10)15-7-8-5-12-3-4-14-8/h1-2,6,8,12H,3-5,7H2,(H2,11,13). The highest BCUT2D eigenvalue weighted by Crippen LogP contribution is 2.19. The summed E-state index contributed by atoms with van der Waals surface area (Å²) < 4.78 is 5.59. The molecular weight excluding hydrogens is 210 g/mol. The van der Waals surface area contributed by atoms with E-state index >= 15 is 0 Å². The van der Waals surface area contributed by atoms with Gasteiger partial charge in [-0.25, -0.2) is 4.98 Å². The van der Waals surface area contributed by atoms with Gasteiger partial charge in [-0.05, 0) is 12.1 Å². The van der Waals surface area contributed by atoms with Gasteiger partial charge in [0.25, 0.3) is 0 Å². The van der Waals surface area contributed by atoms with Crippen molar-refractivity contribution in [3.8, 4) is 0 Å². The first kappa shape index (κ1) is 10.7. The number of morpholine rings is 1. The van der Waals surface area contributed by atoms with E-state index in [1.54, 1.807) is 18.0 Å². The molecule has 1 atom stereocenters. The summed E-state index contributed by atoms with van der Waals surface area (Å²) in [6.45, 7) is 2.71. The predicted molar refractivity (Wildman–Crippen MR) is 62.0 cm³/mol. The average Bonchev–Trinajstić information content (AvgIpc) is 2.30. The molecule has 0 radical (unpaired) electrons. The Morgan fingerprint density at radius 3 is 3.20 bits per heavy atom. The summed E-state index contributed by atoms with van der Waals surface area (Å²) in [4.78, 5) is 5.18. The first-order valence-corrected chi connectivity index (χ1v) is 6.00. The second-order valence-corrected chi connectivity index (χ2v) is 4.52. The van der Waals surface area contributed by atoms with Crippen LogP contribution in [0, 0.1) is 0 Å². The van der Waals surface area contributed by atoms with Crippen LogP contribution in [0.5, 0.6) is 0 Å². The summed E-state index contributed by atoms with van der Waals surface area (Å²) >= 11 is 1.75. The Bertz CT molecular complexity index is 298. The summed E-state index contributed by atoms with van der Waals surface area (Å²) in [5.41, 5.74) is 5.51. The molecule has 3 N–H and O–H groups in total. The number of anilines is 1. The van der Waals surface area contributed by atoms with Crippen LogP contribution in [0.4, 0.5) is 5.82 Å². The van der Waals surface area contributed by atoms with Crippen LogP contribution in [-0.2, 0) is 4.74 Å². The van der Waals surface area contributed by atoms with E-state index in [9.17, 15) is 0 Å². The number of rotatable bonds is 3. The minimum absolute atomic E-state index is 0.307. The Hall–Kier alpha value is -0.780. The molecule has 5 heteroatoms. The van der Waals surface area contributed by atoms with Crippen LogP contribution >= 0.6 is 11.8 Å². The van der Waals surface area contributed by atoms with Crippen molar-refractivity contribution in [3.05, 3.63) is 18.3 Å². The molecular formula is C10H15N3OS. The average molecular weight is 225 g/mol. The zero-order chi connectivity index (χ0) is 10.5. The molecule has 15 heavy (non-hydrogen) atoms. The largest absolute Gasteiger partial charge is 0.384 e. The highest BCUT2D eigenvalue weighted by Gasteiger charge is 2.13. The molecule has 4 nitrogen and oxygen atoms in total. The quantitative estimate of drug-likeness (QED) is 0.743. The highest BCUT2D eigenvalue weighted by molar-refractivity contribution is 7.99. The smallest absolute Gasteiger partial charge is 0.123 e. The summed E-state index contributed by atoms with van der Waals surface area (Å²) in [7, 11) is 0. The van der Waals surface area contributed by atoms with Gasteiger partial charge in [0.1, 0.15) is 5.82 Å². The Balaban J connectivity index is 1.79. The number of hydrogen-bond acceptors (Lipinski definition) is 5. The van der Waals surface area contributed by atoms with Crippen LogP contribution in [0.2, 0.25) is 0 Å².